The molecule has 6 heterocycles. The Balaban J connectivity index is 0.000000109. The number of nitrogens with zero attached hydrogens (tertiary/aromatic N) is 6. The summed E-state index contributed by atoms with van der Waals surface area (Å²) in [6.45, 7) is 4.70. The van der Waals surface area contributed by atoms with E-state index in [-0.39, 0.29) is 5.41 Å². The quantitative estimate of drug-likeness (QED) is 0.0949. The van der Waals surface area contributed by atoms with Crippen molar-refractivity contribution in [1.29, 1.82) is 0 Å². The molecule has 6 nitrogen and oxygen atoms in total. The standard InChI is InChI=1S/C42H28N2.C40H24N2.C39H28N2/c1-3-12-29(13-4-1)32-26-33(30-14-5-2-6-15-30)28-34(27-32)41-35-16-7-9-18-37(35)42(38-19-10-8-17-36(38)41)40-21-11-20-39(44-40)31-22-24-43-25-23-31;1-3-11-31-29(9-1)39(34-20-18-28-16-15-26-7-5-8-27-17-19-33(34)38(28)37(26)27)30-10-2-4-12-32(30)40(31)36-14-6-13-35(42-36)25-21-23-41-24-22-25;1-39(2)33-15-8-7-10-27(33)28-19-18-26(24-34(28)39)37-29-11-3-5-13-31(29)38(32-14-6-4-12-30(32)37)36-17-9-16-35(41-36)25-20-22-40-23-21-25/h1-28H;1-24H;3-24H,1-2H3. The third-order valence-electron chi connectivity index (χ3n) is 25.8. The first-order valence-corrected chi connectivity index (χ1v) is 43.4. The largest absolute Gasteiger partial charge is 0.265 e. The molecule has 0 unspecified atom stereocenters. The van der Waals surface area contributed by atoms with Crippen LogP contribution in [0, 0.1) is 0 Å². The molecule has 0 atom stereocenters. The summed E-state index contributed by atoms with van der Waals surface area (Å²) >= 11 is 0. The van der Waals surface area contributed by atoms with Crippen LogP contribution in [-0.2, 0) is 5.41 Å². The summed E-state index contributed by atoms with van der Waals surface area (Å²) in [4.78, 5) is 28.1. The molecule has 1 aliphatic carbocycles. The zero-order chi connectivity index (χ0) is 84.5. The fourth-order valence-corrected chi connectivity index (χ4v) is 20.1. The van der Waals surface area contributed by atoms with E-state index in [2.05, 4.69) is 405 Å². The lowest BCUT2D eigenvalue weighted by Crippen LogP contribution is -2.14. The Morgan fingerprint density at radius 3 is 0.890 bits per heavy atom. The van der Waals surface area contributed by atoms with Crippen LogP contribution >= 0.6 is 0 Å². The van der Waals surface area contributed by atoms with Crippen LogP contribution in [-0.4, -0.2) is 29.9 Å². The van der Waals surface area contributed by atoms with Gasteiger partial charge in [0.1, 0.15) is 0 Å². The Labute approximate surface area is 736 Å². The highest BCUT2D eigenvalue weighted by Gasteiger charge is 2.36. The van der Waals surface area contributed by atoms with Crippen LogP contribution < -0.4 is 0 Å². The van der Waals surface area contributed by atoms with Gasteiger partial charge < -0.3 is 0 Å². The summed E-state index contributed by atoms with van der Waals surface area (Å²) in [6.07, 6.45) is 10.9. The molecule has 0 bridgehead atoms. The molecular formula is C121H80N6. The molecule has 0 N–H and O–H groups in total. The summed E-state index contributed by atoms with van der Waals surface area (Å²) in [5.74, 6) is 0. The monoisotopic (exact) mass is 1620 g/mol. The van der Waals surface area contributed by atoms with E-state index in [1.54, 1.807) is 0 Å². The van der Waals surface area contributed by atoms with Crippen molar-refractivity contribution in [2.24, 2.45) is 0 Å². The molecule has 0 fully saturated rings. The van der Waals surface area contributed by atoms with Gasteiger partial charge in [0.15, 0.2) is 0 Å². The first-order valence-electron chi connectivity index (χ1n) is 43.4. The number of benzene rings is 18. The Morgan fingerprint density at radius 1 is 0.165 bits per heavy atom. The fourth-order valence-electron chi connectivity index (χ4n) is 20.1. The van der Waals surface area contributed by atoms with Gasteiger partial charge in [0.25, 0.3) is 0 Å². The Bertz CT molecular complexity index is 8160. The highest BCUT2D eigenvalue weighted by Crippen LogP contribution is 2.54. The van der Waals surface area contributed by atoms with Gasteiger partial charge >= 0.3 is 0 Å². The molecular weight excluding hydrogens is 1540 g/mol. The van der Waals surface area contributed by atoms with Gasteiger partial charge in [-0.1, -0.05) is 329 Å². The molecule has 24 aromatic rings. The smallest absolute Gasteiger partial charge is 0.0722 e. The molecule has 0 spiro atoms. The van der Waals surface area contributed by atoms with Crippen molar-refractivity contribution in [3.05, 3.63) is 461 Å². The van der Waals surface area contributed by atoms with E-state index in [0.29, 0.717) is 0 Å². The number of pyridine rings is 6. The van der Waals surface area contributed by atoms with E-state index in [1.807, 2.05) is 73.6 Å². The van der Waals surface area contributed by atoms with E-state index in [9.17, 15) is 0 Å². The summed E-state index contributed by atoms with van der Waals surface area (Å²) in [5.41, 5.74) is 30.1. The van der Waals surface area contributed by atoms with Gasteiger partial charge in [-0.05, 0) is 272 Å². The highest BCUT2D eigenvalue weighted by molar-refractivity contribution is 6.30. The molecule has 0 saturated heterocycles. The van der Waals surface area contributed by atoms with Crippen molar-refractivity contribution >= 4 is 97.0 Å². The van der Waals surface area contributed by atoms with Gasteiger partial charge in [0.05, 0.1) is 34.2 Å². The first-order chi connectivity index (χ1) is 62.8. The maximum Gasteiger partial charge on any atom is 0.0722 e. The lowest BCUT2D eigenvalue weighted by Gasteiger charge is -2.23. The molecule has 0 saturated carbocycles. The maximum atomic E-state index is 5.20. The number of aromatic nitrogens is 6. The van der Waals surface area contributed by atoms with E-state index >= 15 is 0 Å². The normalized spacial score (nSPS) is 12.1. The number of fused-ring (bicyclic) bond motifs is 9. The number of hydrogen-bond donors (Lipinski definition) is 0. The molecule has 594 valence electrons. The minimum absolute atomic E-state index is 0.0508. The van der Waals surface area contributed by atoms with Crippen LogP contribution in [0.4, 0.5) is 0 Å². The van der Waals surface area contributed by atoms with Gasteiger partial charge in [-0.25, -0.2) is 15.0 Å². The van der Waals surface area contributed by atoms with Crippen molar-refractivity contribution in [3.8, 4) is 134 Å². The molecule has 25 rings (SSSR count). The molecule has 0 aliphatic heterocycles. The lowest BCUT2D eigenvalue weighted by molar-refractivity contribution is 0.660. The minimum atomic E-state index is -0.0508. The van der Waals surface area contributed by atoms with E-state index in [0.717, 1.165) is 56.4 Å². The van der Waals surface area contributed by atoms with Gasteiger partial charge in [-0.2, -0.15) is 0 Å². The zero-order valence-corrected chi connectivity index (χ0v) is 69.9. The van der Waals surface area contributed by atoms with Crippen LogP contribution in [0.1, 0.15) is 25.0 Å². The van der Waals surface area contributed by atoms with Gasteiger partial charge in [0.2, 0.25) is 0 Å². The average Bonchev–Trinajstić information content (AvgIpc) is 1.62. The van der Waals surface area contributed by atoms with Crippen LogP contribution in [0.15, 0.2) is 450 Å². The lowest BCUT2D eigenvalue weighted by atomic mass is 9.80. The second-order valence-corrected chi connectivity index (χ2v) is 33.4. The Kier molecular flexibility index (Phi) is 18.8. The van der Waals surface area contributed by atoms with Crippen LogP contribution in [0.3, 0.4) is 0 Å². The van der Waals surface area contributed by atoms with Crippen molar-refractivity contribution in [2.75, 3.05) is 0 Å². The van der Waals surface area contributed by atoms with Crippen molar-refractivity contribution in [2.45, 2.75) is 19.3 Å². The predicted molar refractivity (Wildman–Crippen MR) is 532 cm³/mol. The van der Waals surface area contributed by atoms with Gasteiger partial charge in [0, 0.05) is 76.0 Å². The fraction of sp³-hybridized carbons (Fsp3) is 0.0248. The van der Waals surface area contributed by atoms with E-state index in [4.69, 9.17) is 15.0 Å². The zero-order valence-electron chi connectivity index (χ0n) is 69.9. The summed E-state index contributed by atoms with van der Waals surface area (Å²) in [5, 5.41) is 22.4. The average molecular weight is 1620 g/mol. The van der Waals surface area contributed by atoms with Crippen LogP contribution in [0.2, 0.25) is 0 Å². The molecule has 0 radical (unpaired) electrons. The molecule has 1 aliphatic rings. The van der Waals surface area contributed by atoms with Crippen molar-refractivity contribution < 1.29 is 0 Å². The molecule has 0 amide bonds. The van der Waals surface area contributed by atoms with Gasteiger partial charge in [-0.3, -0.25) is 15.0 Å². The topological polar surface area (TPSA) is 77.3 Å². The molecule has 6 aromatic heterocycles. The first kappa shape index (κ1) is 75.4. The maximum absolute atomic E-state index is 5.20. The van der Waals surface area contributed by atoms with Crippen molar-refractivity contribution in [1.82, 2.24) is 29.9 Å². The third kappa shape index (κ3) is 13.3. The summed E-state index contributed by atoms with van der Waals surface area (Å²) < 4.78 is 0. The second kappa shape index (κ2) is 31.7. The number of rotatable bonds is 11. The van der Waals surface area contributed by atoms with Crippen LogP contribution in [0.25, 0.3) is 231 Å². The second-order valence-electron chi connectivity index (χ2n) is 33.4. The molecule has 6 heteroatoms. The Hall–Kier alpha value is -16.5. The molecule has 18 aromatic carbocycles. The summed E-state index contributed by atoms with van der Waals surface area (Å²) in [6, 6.07) is 148. The molecule has 127 heavy (non-hydrogen) atoms. The van der Waals surface area contributed by atoms with E-state index in [1.165, 1.54) is 186 Å². The summed E-state index contributed by atoms with van der Waals surface area (Å²) in [7, 11) is 0. The SMILES string of the molecule is CC1(C)c2ccccc2-c2ccc(-c3c4ccccc4c(-c4cccc(-c5ccncc5)n4)c4ccccc34)cc21.c1cc(-c2ccncc2)nc(-c2c3ccccc3c(-c3ccc4ccc5cccc6ccc3c4c56)c3ccccc23)c1.c1ccc(-c2cc(-c3ccccc3)cc(-c3c4ccccc4c(-c4cccc(-c5ccncc5)n4)c4ccccc34)c2)cc1. The predicted octanol–water partition coefficient (Wildman–Crippen LogP) is 31.9. The highest BCUT2D eigenvalue weighted by atomic mass is 14.7. The number of hydrogen-bond acceptors (Lipinski definition) is 6. The minimum Gasteiger partial charge on any atom is -0.265 e. The van der Waals surface area contributed by atoms with E-state index < -0.39 is 0 Å². The van der Waals surface area contributed by atoms with Crippen molar-refractivity contribution in [3.63, 3.8) is 0 Å². The third-order valence-corrected chi connectivity index (χ3v) is 25.8. The van der Waals surface area contributed by atoms with Gasteiger partial charge in [-0.15, -0.1) is 0 Å². The Morgan fingerprint density at radius 2 is 0.472 bits per heavy atom. The van der Waals surface area contributed by atoms with Crippen LogP contribution in [0.5, 0.6) is 0 Å².